The van der Waals surface area contributed by atoms with Gasteiger partial charge in [0.1, 0.15) is 0 Å². The third-order valence-corrected chi connectivity index (χ3v) is 1.90. The summed E-state index contributed by atoms with van der Waals surface area (Å²) in [5, 5.41) is 12.6. The van der Waals surface area contributed by atoms with E-state index in [-0.39, 0.29) is 6.42 Å². The average molecular weight is 250 g/mol. The number of nitrogens with one attached hydrogen (secondary N) is 3. The van der Waals surface area contributed by atoms with Crippen LogP contribution in [-0.2, 0) is 9.59 Å². The minimum Gasteiger partial charge on any atom is -0.550 e. The summed E-state index contributed by atoms with van der Waals surface area (Å²) < 4.78 is 0. The molecule has 0 radical (unpaired) electrons. The number of carbonyl (C=O) groups is 3. The number of hydrazine groups is 1. The van der Waals surface area contributed by atoms with Gasteiger partial charge < -0.3 is 15.2 Å². The summed E-state index contributed by atoms with van der Waals surface area (Å²) in [6.07, 6.45) is -0.651. The Kier molecular flexibility index (Phi) is 5.17. The maximum absolute atomic E-state index is 11.3. The third-order valence-electron chi connectivity index (χ3n) is 1.90. The van der Waals surface area contributed by atoms with Crippen molar-refractivity contribution in [3.8, 4) is 0 Å². The number of carbonyl (C=O) groups excluding carboxylic acids is 3. The van der Waals surface area contributed by atoms with Crippen molar-refractivity contribution in [2.24, 2.45) is 0 Å². The van der Waals surface area contributed by atoms with Gasteiger partial charge in [0, 0.05) is 18.1 Å². The molecule has 7 nitrogen and oxygen atoms in total. The maximum Gasteiger partial charge on any atom is 0.337 e. The molecule has 18 heavy (non-hydrogen) atoms. The fourth-order valence-corrected chi connectivity index (χ4v) is 1.09. The smallest absolute Gasteiger partial charge is 0.337 e. The molecule has 0 aromatic heterocycles. The first-order valence-electron chi connectivity index (χ1n) is 5.18. The number of benzene rings is 1. The lowest BCUT2D eigenvalue weighted by Gasteiger charge is -2.08. The second kappa shape index (κ2) is 6.89. The molecule has 0 bridgehead atoms. The molecule has 1 aromatic rings. The number of para-hydroxylation sites is 1. The van der Waals surface area contributed by atoms with Crippen LogP contribution in [0.3, 0.4) is 0 Å². The summed E-state index contributed by atoms with van der Waals surface area (Å²) >= 11 is 0. The molecule has 0 saturated heterocycles. The van der Waals surface area contributed by atoms with E-state index in [1.54, 1.807) is 30.3 Å². The van der Waals surface area contributed by atoms with E-state index < -0.39 is 24.3 Å². The third kappa shape index (κ3) is 5.50. The largest absolute Gasteiger partial charge is 0.550 e. The quantitative estimate of drug-likeness (QED) is 0.618. The first kappa shape index (κ1) is 13.5. The summed E-state index contributed by atoms with van der Waals surface area (Å²) in [7, 11) is 0. The van der Waals surface area contributed by atoms with Crippen molar-refractivity contribution in [3.05, 3.63) is 30.3 Å². The molecule has 0 aliphatic rings. The summed E-state index contributed by atoms with van der Waals surface area (Å²) in [5.74, 6) is -1.93. The Morgan fingerprint density at radius 3 is 2.28 bits per heavy atom. The number of rotatable bonds is 4. The van der Waals surface area contributed by atoms with E-state index >= 15 is 0 Å². The molecule has 1 rings (SSSR count). The number of hydrogen-bond acceptors (Lipinski definition) is 4. The molecule has 0 aliphatic heterocycles. The molecule has 0 heterocycles. The Hall–Kier alpha value is -2.57. The highest BCUT2D eigenvalue weighted by molar-refractivity contribution is 5.91. The molecule has 0 saturated carbocycles. The van der Waals surface area contributed by atoms with Crippen molar-refractivity contribution in [1.29, 1.82) is 0 Å². The first-order valence-corrected chi connectivity index (χ1v) is 5.18. The van der Waals surface area contributed by atoms with E-state index in [4.69, 9.17) is 0 Å². The Balaban J connectivity index is 2.25. The first-order chi connectivity index (χ1) is 8.58. The number of hydrogen-bond donors (Lipinski definition) is 3. The van der Waals surface area contributed by atoms with Crippen molar-refractivity contribution in [1.82, 2.24) is 10.9 Å². The van der Waals surface area contributed by atoms with Gasteiger partial charge in [-0.1, -0.05) is 18.2 Å². The van der Waals surface area contributed by atoms with Crippen molar-refractivity contribution in [2.45, 2.75) is 12.8 Å². The number of carboxylic acid groups (broad SMARTS) is 1. The molecule has 7 heteroatoms. The van der Waals surface area contributed by atoms with Crippen LogP contribution in [0, 0.1) is 0 Å². The van der Waals surface area contributed by atoms with Crippen LogP contribution < -0.4 is 21.3 Å². The second-order valence-corrected chi connectivity index (χ2v) is 3.37. The fraction of sp³-hybridized carbons (Fsp3) is 0.182. The number of carboxylic acids is 1. The lowest BCUT2D eigenvalue weighted by Crippen LogP contribution is -2.44. The normalized spacial score (nSPS) is 9.33. The van der Waals surface area contributed by atoms with Crippen molar-refractivity contribution in [3.63, 3.8) is 0 Å². The Morgan fingerprint density at radius 1 is 1.00 bits per heavy atom. The van der Waals surface area contributed by atoms with Crippen LogP contribution in [0.1, 0.15) is 12.8 Å². The molecule has 3 amide bonds. The zero-order valence-corrected chi connectivity index (χ0v) is 9.43. The summed E-state index contributed by atoms with van der Waals surface area (Å²) in [4.78, 5) is 32.4. The SMILES string of the molecule is O=C([O-])CCC(=O)NNC(=O)Nc1ccccc1. The van der Waals surface area contributed by atoms with Gasteiger partial charge in [-0.25, -0.2) is 10.2 Å². The van der Waals surface area contributed by atoms with Crippen molar-refractivity contribution >= 4 is 23.6 Å². The van der Waals surface area contributed by atoms with Crippen LogP contribution in [-0.4, -0.2) is 17.9 Å². The predicted octanol–water partition coefficient (Wildman–Crippen LogP) is -0.631. The van der Waals surface area contributed by atoms with E-state index in [9.17, 15) is 19.5 Å². The van der Waals surface area contributed by atoms with Gasteiger partial charge in [-0.15, -0.1) is 0 Å². The number of aliphatic carboxylic acids is 1. The molecule has 1 aromatic carbocycles. The highest BCUT2D eigenvalue weighted by Gasteiger charge is 2.04. The summed E-state index contributed by atoms with van der Waals surface area (Å²) in [6, 6.07) is 8.02. The molecular weight excluding hydrogens is 238 g/mol. The summed E-state index contributed by atoms with van der Waals surface area (Å²) in [5.41, 5.74) is 4.73. The topological polar surface area (TPSA) is 110 Å². The van der Waals surface area contributed by atoms with Crippen molar-refractivity contribution in [2.75, 3.05) is 5.32 Å². The fourth-order valence-electron chi connectivity index (χ4n) is 1.09. The predicted molar refractivity (Wildman–Crippen MR) is 61.0 cm³/mol. The Morgan fingerprint density at radius 2 is 1.67 bits per heavy atom. The van der Waals surface area contributed by atoms with Crippen molar-refractivity contribution < 1.29 is 19.5 Å². The average Bonchev–Trinajstić information content (AvgIpc) is 2.35. The molecule has 0 aliphatic carbocycles. The van der Waals surface area contributed by atoms with Gasteiger partial charge >= 0.3 is 6.03 Å². The second-order valence-electron chi connectivity index (χ2n) is 3.37. The minimum atomic E-state index is -1.32. The van der Waals surface area contributed by atoms with Gasteiger partial charge in [0.2, 0.25) is 5.91 Å². The maximum atomic E-state index is 11.3. The minimum absolute atomic E-state index is 0.256. The van der Waals surface area contributed by atoms with Gasteiger partial charge in [0.15, 0.2) is 0 Å². The molecular formula is C11H12N3O4-. The standard InChI is InChI=1S/C11H13N3O4/c15-9(6-7-10(16)17)13-14-11(18)12-8-4-2-1-3-5-8/h1-5H,6-7H2,(H,13,15)(H,16,17)(H2,12,14,18)/p-1. The highest BCUT2D eigenvalue weighted by atomic mass is 16.4. The molecule has 96 valence electrons. The molecule has 3 N–H and O–H groups in total. The van der Waals surface area contributed by atoms with Gasteiger partial charge in [-0.3, -0.25) is 10.2 Å². The number of amides is 3. The molecule has 0 unspecified atom stereocenters. The summed E-state index contributed by atoms with van der Waals surface area (Å²) in [6.45, 7) is 0. The van der Waals surface area contributed by atoms with Gasteiger partial charge in [-0.05, 0) is 18.6 Å². The number of anilines is 1. The van der Waals surface area contributed by atoms with Crippen LogP contribution in [0.4, 0.5) is 10.5 Å². The zero-order valence-electron chi connectivity index (χ0n) is 9.43. The van der Waals surface area contributed by atoms with E-state index in [1.807, 2.05) is 0 Å². The Bertz CT molecular complexity index is 433. The van der Waals surface area contributed by atoms with E-state index in [0.29, 0.717) is 5.69 Å². The lowest BCUT2D eigenvalue weighted by atomic mass is 10.3. The zero-order chi connectivity index (χ0) is 13.4. The Labute approximate surface area is 103 Å². The monoisotopic (exact) mass is 250 g/mol. The van der Waals surface area contributed by atoms with Gasteiger partial charge in [-0.2, -0.15) is 0 Å². The van der Waals surface area contributed by atoms with E-state index in [0.717, 1.165) is 0 Å². The van der Waals surface area contributed by atoms with Gasteiger partial charge in [0.25, 0.3) is 0 Å². The van der Waals surface area contributed by atoms with Crippen LogP contribution in [0.5, 0.6) is 0 Å². The number of urea groups is 1. The van der Waals surface area contributed by atoms with Crippen LogP contribution in [0.2, 0.25) is 0 Å². The van der Waals surface area contributed by atoms with E-state index in [1.165, 1.54) is 0 Å². The van der Waals surface area contributed by atoms with Crippen LogP contribution >= 0.6 is 0 Å². The molecule has 0 spiro atoms. The van der Waals surface area contributed by atoms with Crippen LogP contribution in [0.25, 0.3) is 0 Å². The lowest BCUT2D eigenvalue weighted by molar-refractivity contribution is -0.305. The molecule has 0 fully saturated rings. The highest BCUT2D eigenvalue weighted by Crippen LogP contribution is 2.03. The molecule has 0 atom stereocenters. The van der Waals surface area contributed by atoms with Crippen LogP contribution in [0.15, 0.2) is 30.3 Å². The van der Waals surface area contributed by atoms with Gasteiger partial charge in [0.05, 0.1) is 0 Å². The van der Waals surface area contributed by atoms with E-state index in [2.05, 4.69) is 16.2 Å².